The molecule has 0 bridgehead atoms. The summed E-state index contributed by atoms with van der Waals surface area (Å²) < 4.78 is 0. The fourth-order valence-electron chi connectivity index (χ4n) is 4.20. The number of hydrogen-bond donors (Lipinski definition) is 0. The van der Waals surface area contributed by atoms with Gasteiger partial charge in [0.05, 0.1) is 0 Å². The molecule has 3 heteroatoms. The lowest BCUT2D eigenvalue weighted by molar-refractivity contribution is 0.103. The van der Waals surface area contributed by atoms with Crippen molar-refractivity contribution < 1.29 is 0 Å². The molecule has 3 nitrogen and oxygen atoms in total. The molecule has 4 rings (SSSR count). The van der Waals surface area contributed by atoms with Crippen molar-refractivity contribution in [1.29, 1.82) is 0 Å². The van der Waals surface area contributed by atoms with E-state index in [0.29, 0.717) is 5.41 Å². The van der Waals surface area contributed by atoms with E-state index in [0.717, 1.165) is 12.5 Å². The van der Waals surface area contributed by atoms with Gasteiger partial charge in [0.25, 0.3) is 0 Å². The molecule has 1 aromatic heterocycles. The molecule has 0 atom stereocenters. The maximum absolute atomic E-state index is 4.24. The number of aromatic nitrogens is 1. The highest BCUT2D eigenvalue weighted by Gasteiger charge is 2.40. The second-order valence-electron chi connectivity index (χ2n) is 7.57. The number of piperidine rings is 1. The zero-order chi connectivity index (χ0) is 14.1. The Bertz CT molecular complexity index is 461. The molecule has 2 saturated heterocycles. The molecule has 1 spiro atoms. The summed E-state index contributed by atoms with van der Waals surface area (Å²) in [4.78, 5) is 9.62. The first-order valence-electron chi connectivity index (χ1n) is 8.65. The van der Waals surface area contributed by atoms with Crippen LogP contribution < -0.4 is 0 Å². The first-order valence-corrected chi connectivity index (χ1v) is 8.65. The zero-order valence-electron chi connectivity index (χ0n) is 13.0. The molecular weight excluding hydrogens is 258 g/mol. The molecule has 1 aliphatic carbocycles. The Balaban J connectivity index is 1.29. The average molecular weight is 285 g/mol. The molecule has 21 heavy (non-hydrogen) atoms. The van der Waals surface area contributed by atoms with Gasteiger partial charge in [-0.2, -0.15) is 0 Å². The Hall–Kier alpha value is -0.930. The van der Waals surface area contributed by atoms with Gasteiger partial charge in [0.15, 0.2) is 0 Å². The van der Waals surface area contributed by atoms with Crippen molar-refractivity contribution in [3.8, 4) is 0 Å². The molecule has 0 aromatic carbocycles. The van der Waals surface area contributed by atoms with Crippen LogP contribution in [0.5, 0.6) is 0 Å². The minimum absolute atomic E-state index is 0.627. The van der Waals surface area contributed by atoms with Crippen LogP contribution >= 0.6 is 0 Å². The minimum atomic E-state index is 0.627. The molecule has 0 unspecified atom stereocenters. The van der Waals surface area contributed by atoms with Gasteiger partial charge in [-0.1, -0.05) is 6.07 Å². The lowest BCUT2D eigenvalue weighted by Crippen LogP contribution is -2.42. The fourth-order valence-corrected chi connectivity index (χ4v) is 4.20. The lowest BCUT2D eigenvalue weighted by Gasteiger charge is -2.39. The molecule has 114 valence electrons. The van der Waals surface area contributed by atoms with E-state index < -0.39 is 0 Å². The summed E-state index contributed by atoms with van der Waals surface area (Å²) in [5, 5.41) is 0. The summed E-state index contributed by atoms with van der Waals surface area (Å²) in [5.74, 6) is 1.05. The number of likely N-dealkylation sites (tertiary alicyclic amines) is 2. The third-order valence-electron chi connectivity index (χ3n) is 5.78. The van der Waals surface area contributed by atoms with Gasteiger partial charge in [-0.15, -0.1) is 0 Å². The summed E-state index contributed by atoms with van der Waals surface area (Å²) in [6, 6.07) is 4.26. The lowest BCUT2D eigenvalue weighted by atomic mass is 9.77. The maximum atomic E-state index is 4.24. The van der Waals surface area contributed by atoms with E-state index in [2.05, 4.69) is 26.9 Å². The predicted molar refractivity (Wildman–Crippen MR) is 85.0 cm³/mol. The van der Waals surface area contributed by atoms with Crippen LogP contribution in [0.4, 0.5) is 0 Å². The maximum Gasteiger partial charge on any atom is 0.0312 e. The predicted octanol–water partition coefficient (Wildman–Crippen LogP) is 2.78. The van der Waals surface area contributed by atoms with Gasteiger partial charge < -0.3 is 4.90 Å². The number of rotatable bonds is 4. The summed E-state index contributed by atoms with van der Waals surface area (Å²) in [6.07, 6.45) is 11.1. The summed E-state index contributed by atoms with van der Waals surface area (Å²) in [5.41, 5.74) is 1.99. The molecule has 1 aromatic rings. The highest BCUT2D eigenvalue weighted by molar-refractivity contribution is 5.09. The van der Waals surface area contributed by atoms with E-state index in [1.807, 2.05) is 12.4 Å². The standard InChI is InChI=1S/C18H27N3/c1-2-17(12-19-8-1)14-21-11-7-18(15-21)5-9-20(10-6-18)13-16-3-4-16/h1-2,8,12,16H,3-7,9-11,13-15H2. The van der Waals surface area contributed by atoms with E-state index in [1.165, 1.54) is 70.4 Å². The smallest absolute Gasteiger partial charge is 0.0312 e. The van der Waals surface area contributed by atoms with Crippen molar-refractivity contribution in [3.63, 3.8) is 0 Å². The largest absolute Gasteiger partial charge is 0.303 e. The second-order valence-corrected chi connectivity index (χ2v) is 7.57. The van der Waals surface area contributed by atoms with E-state index in [9.17, 15) is 0 Å². The molecule has 0 radical (unpaired) electrons. The molecular formula is C18H27N3. The Kier molecular flexibility index (Phi) is 3.72. The topological polar surface area (TPSA) is 19.4 Å². The van der Waals surface area contributed by atoms with Gasteiger partial charge in [0, 0.05) is 32.0 Å². The van der Waals surface area contributed by atoms with Crippen molar-refractivity contribution >= 4 is 0 Å². The Morgan fingerprint density at radius 2 is 1.86 bits per heavy atom. The van der Waals surface area contributed by atoms with Gasteiger partial charge in [-0.25, -0.2) is 0 Å². The molecule has 3 aliphatic rings. The first kappa shape index (κ1) is 13.7. The van der Waals surface area contributed by atoms with Crippen molar-refractivity contribution in [2.45, 2.75) is 38.6 Å². The van der Waals surface area contributed by atoms with Crippen molar-refractivity contribution in [1.82, 2.24) is 14.8 Å². The third-order valence-corrected chi connectivity index (χ3v) is 5.78. The van der Waals surface area contributed by atoms with Gasteiger partial charge >= 0.3 is 0 Å². The fraction of sp³-hybridized carbons (Fsp3) is 0.722. The normalized spacial score (nSPS) is 26.5. The highest BCUT2D eigenvalue weighted by Crippen LogP contribution is 2.41. The van der Waals surface area contributed by atoms with Crippen molar-refractivity contribution in [2.75, 3.05) is 32.7 Å². The molecule has 0 N–H and O–H groups in total. The van der Waals surface area contributed by atoms with Gasteiger partial charge in [-0.05, 0) is 74.7 Å². The van der Waals surface area contributed by atoms with Crippen LogP contribution in [0.1, 0.15) is 37.7 Å². The van der Waals surface area contributed by atoms with Crippen LogP contribution in [0, 0.1) is 11.3 Å². The minimum Gasteiger partial charge on any atom is -0.303 e. The van der Waals surface area contributed by atoms with Gasteiger partial charge in [0.2, 0.25) is 0 Å². The van der Waals surface area contributed by atoms with E-state index in [1.54, 1.807) is 0 Å². The quantitative estimate of drug-likeness (QED) is 0.848. The molecule has 3 heterocycles. The first-order chi connectivity index (χ1) is 10.3. The second kappa shape index (κ2) is 5.69. The van der Waals surface area contributed by atoms with Crippen LogP contribution in [0.25, 0.3) is 0 Å². The summed E-state index contributed by atoms with van der Waals surface area (Å²) in [7, 11) is 0. The molecule has 0 amide bonds. The Labute approximate surface area is 128 Å². The number of pyridine rings is 1. The summed E-state index contributed by atoms with van der Waals surface area (Å²) in [6.45, 7) is 7.74. The van der Waals surface area contributed by atoms with Crippen molar-refractivity contribution in [2.24, 2.45) is 11.3 Å². The van der Waals surface area contributed by atoms with Crippen molar-refractivity contribution in [3.05, 3.63) is 30.1 Å². The van der Waals surface area contributed by atoms with Gasteiger partial charge in [-0.3, -0.25) is 9.88 Å². The van der Waals surface area contributed by atoms with Crippen LogP contribution in [0.2, 0.25) is 0 Å². The van der Waals surface area contributed by atoms with Crippen LogP contribution in [-0.2, 0) is 6.54 Å². The van der Waals surface area contributed by atoms with Crippen LogP contribution in [0.3, 0.4) is 0 Å². The third kappa shape index (κ3) is 3.29. The summed E-state index contributed by atoms with van der Waals surface area (Å²) >= 11 is 0. The zero-order valence-corrected chi connectivity index (χ0v) is 13.0. The monoisotopic (exact) mass is 285 g/mol. The van der Waals surface area contributed by atoms with Gasteiger partial charge in [0.1, 0.15) is 0 Å². The molecule has 2 aliphatic heterocycles. The van der Waals surface area contributed by atoms with E-state index in [-0.39, 0.29) is 0 Å². The number of nitrogens with zero attached hydrogens (tertiary/aromatic N) is 3. The molecule has 3 fully saturated rings. The van der Waals surface area contributed by atoms with E-state index >= 15 is 0 Å². The Morgan fingerprint density at radius 1 is 1.10 bits per heavy atom. The van der Waals surface area contributed by atoms with Crippen LogP contribution in [-0.4, -0.2) is 47.5 Å². The molecule has 1 saturated carbocycles. The average Bonchev–Trinajstić information content (AvgIpc) is 3.25. The van der Waals surface area contributed by atoms with E-state index in [4.69, 9.17) is 0 Å². The van der Waals surface area contributed by atoms with Crippen LogP contribution in [0.15, 0.2) is 24.5 Å². The SMILES string of the molecule is c1cncc(CN2CCC3(CCN(CC4CC4)CC3)C2)c1. The highest BCUT2D eigenvalue weighted by atomic mass is 15.2. The number of hydrogen-bond acceptors (Lipinski definition) is 3. The Morgan fingerprint density at radius 3 is 2.52 bits per heavy atom.